The smallest absolute Gasteiger partial charge is 0.406 e. The standard InChI is InChI=1S/C15H19F3O3/c1-13(2)19-9-14(3,10-20-13)8-11-4-6-12(7-5-11)21-15(16,17)18/h4-7H,8-10H2,1-3H3. The quantitative estimate of drug-likeness (QED) is 0.847. The summed E-state index contributed by atoms with van der Waals surface area (Å²) in [6.45, 7) is 6.83. The lowest BCUT2D eigenvalue weighted by Gasteiger charge is -2.41. The highest BCUT2D eigenvalue weighted by Gasteiger charge is 2.36. The predicted molar refractivity (Wildman–Crippen MR) is 70.9 cm³/mol. The Morgan fingerprint density at radius 3 is 2.05 bits per heavy atom. The fraction of sp³-hybridized carbons (Fsp3) is 0.600. The number of hydrogen-bond acceptors (Lipinski definition) is 3. The van der Waals surface area contributed by atoms with Crippen molar-refractivity contribution in [3.8, 4) is 5.75 Å². The van der Waals surface area contributed by atoms with Crippen LogP contribution >= 0.6 is 0 Å². The van der Waals surface area contributed by atoms with Crippen LogP contribution in [0.15, 0.2) is 24.3 Å². The maximum Gasteiger partial charge on any atom is 0.573 e. The second kappa shape index (κ2) is 5.50. The van der Waals surface area contributed by atoms with Gasteiger partial charge in [0.05, 0.1) is 13.2 Å². The second-order valence-electron chi connectivity index (χ2n) is 6.16. The first-order valence-corrected chi connectivity index (χ1v) is 6.70. The molecule has 1 aromatic rings. The third-order valence-corrected chi connectivity index (χ3v) is 3.32. The zero-order chi connectivity index (χ0) is 15.7. The predicted octanol–water partition coefficient (Wildman–Crippen LogP) is 3.92. The van der Waals surface area contributed by atoms with Crippen molar-refractivity contribution < 1.29 is 27.4 Å². The minimum atomic E-state index is -4.66. The van der Waals surface area contributed by atoms with E-state index in [4.69, 9.17) is 9.47 Å². The van der Waals surface area contributed by atoms with E-state index < -0.39 is 12.1 Å². The zero-order valence-electron chi connectivity index (χ0n) is 12.3. The normalized spacial score (nSPS) is 21.0. The molecule has 0 aliphatic carbocycles. The average molecular weight is 304 g/mol. The van der Waals surface area contributed by atoms with Crippen molar-refractivity contribution >= 4 is 0 Å². The number of benzene rings is 1. The molecule has 6 heteroatoms. The van der Waals surface area contributed by atoms with E-state index in [1.165, 1.54) is 12.1 Å². The molecule has 0 aromatic heterocycles. The molecule has 1 aliphatic rings. The van der Waals surface area contributed by atoms with Crippen LogP contribution in [0.2, 0.25) is 0 Å². The third-order valence-electron chi connectivity index (χ3n) is 3.32. The Hall–Kier alpha value is -1.27. The van der Waals surface area contributed by atoms with Crippen LogP contribution in [0.1, 0.15) is 26.3 Å². The molecular weight excluding hydrogens is 285 g/mol. The van der Waals surface area contributed by atoms with Crippen LogP contribution in [0.5, 0.6) is 5.75 Å². The van der Waals surface area contributed by atoms with Gasteiger partial charge in [-0.15, -0.1) is 13.2 Å². The lowest BCUT2D eigenvalue weighted by molar-refractivity contribution is -0.282. The maximum atomic E-state index is 12.1. The van der Waals surface area contributed by atoms with Crippen LogP contribution in [0, 0.1) is 5.41 Å². The maximum absolute atomic E-state index is 12.1. The molecule has 118 valence electrons. The van der Waals surface area contributed by atoms with Gasteiger partial charge in [0.1, 0.15) is 5.75 Å². The zero-order valence-corrected chi connectivity index (χ0v) is 12.3. The average Bonchev–Trinajstić information content (AvgIpc) is 2.35. The Bertz CT molecular complexity index is 470. The van der Waals surface area contributed by atoms with E-state index in [9.17, 15) is 13.2 Å². The molecule has 1 heterocycles. The highest BCUT2D eigenvalue weighted by atomic mass is 19.4. The Labute approximate surface area is 122 Å². The molecule has 1 aliphatic heterocycles. The second-order valence-corrected chi connectivity index (χ2v) is 6.16. The van der Waals surface area contributed by atoms with E-state index in [1.807, 2.05) is 20.8 Å². The largest absolute Gasteiger partial charge is 0.573 e. The molecule has 21 heavy (non-hydrogen) atoms. The molecule has 0 bridgehead atoms. The van der Waals surface area contributed by atoms with E-state index in [2.05, 4.69) is 4.74 Å². The summed E-state index contributed by atoms with van der Waals surface area (Å²) in [4.78, 5) is 0. The highest BCUT2D eigenvalue weighted by Crippen LogP contribution is 2.33. The summed E-state index contributed by atoms with van der Waals surface area (Å²) in [5, 5.41) is 0. The van der Waals surface area contributed by atoms with Crippen molar-refractivity contribution in [2.24, 2.45) is 5.41 Å². The van der Waals surface area contributed by atoms with Crippen molar-refractivity contribution in [1.29, 1.82) is 0 Å². The third kappa shape index (κ3) is 4.89. The number of halogens is 3. The number of ether oxygens (including phenoxy) is 3. The van der Waals surface area contributed by atoms with Gasteiger partial charge in [0.15, 0.2) is 5.79 Å². The first-order valence-electron chi connectivity index (χ1n) is 6.70. The van der Waals surface area contributed by atoms with Crippen molar-refractivity contribution in [1.82, 2.24) is 0 Å². The number of alkyl halides is 3. The van der Waals surface area contributed by atoms with Gasteiger partial charge in [0.2, 0.25) is 0 Å². The molecule has 1 aromatic carbocycles. The van der Waals surface area contributed by atoms with Crippen LogP contribution in [0.25, 0.3) is 0 Å². The summed E-state index contributed by atoms with van der Waals surface area (Å²) in [6, 6.07) is 5.90. The van der Waals surface area contributed by atoms with Crippen LogP contribution in [-0.4, -0.2) is 25.4 Å². The van der Waals surface area contributed by atoms with Gasteiger partial charge in [-0.05, 0) is 38.0 Å². The van der Waals surface area contributed by atoms with E-state index in [-0.39, 0.29) is 11.2 Å². The van der Waals surface area contributed by atoms with Gasteiger partial charge in [-0.25, -0.2) is 0 Å². The topological polar surface area (TPSA) is 27.7 Å². The number of hydrogen-bond donors (Lipinski definition) is 0. The molecule has 0 radical (unpaired) electrons. The van der Waals surface area contributed by atoms with Gasteiger partial charge in [0.25, 0.3) is 0 Å². The fourth-order valence-corrected chi connectivity index (χ4v) is 2.18. The van der Waals surface area contributed by atoms with E-state index in [0.29, 0.717) is 19.6 Å². The summed E-state index contributed by atoms with van der Waals surface area (Å²) in [6.07, 6.45) is -4.00. The first-order chi connectivity index (χ1) is 9.57. The SMILES string of the molecule is CC1(Cc2ccc(OC(F)(F)F)cc2)COC(C)(C)OC1. The van der Waals surface area contributed by atoms with Crippen molar-refractivity contribution in [3.63, 3.8) is 0 Å². The van der Waals surface area contributed by atoms with Gasteiger partial charge < -0.3 is 14.2 Å². The van der Waals surface area contributed by atoms with E-state index in [1.54, 1.807) is 12.1 Å². The van der Waals surface area contributed by atoms with Gasteiger partial charge >= 0.3 is 6.36 Å². The molecular formula is C15H19F3O3. The highest BCUT2D eigenvalue weighted by molar-refractivity contribution is 5.28. The summed E-state index contributed by atoms with van der Waals surface area (Å²) in [5.41, 5.74) is 0.723. The van der Waals surface area contributed by atoms with Crippen LogP contribution in [0.3, 0.4) is 0 Å². The Morgan fingerprint density at radius 2 is 1.57 bits per heavy atom. The Balaban J connectivity index is 1.97. The Morgan fingerprint density at radius 1 is 1.05 bits per heavy atom. The minimum absolute atomic E-state index is 0.193. The first kappa shape index (κ1) is 16.1. The van der Waals surface area contributed by atoms with Gasteiger partial charge in [-0.1, -0.05) is 19.1 Å². The molecule has 1 saturated heterocycles. The molecule has 1 fully saturated rings. The molecule has 0 spiro atoms. The molecule has 2 rings (SSSR count). The van der Waals surface area contributed by atoms with Gasteiger partial charge in [-0.3, -0.25) is 0 Å². The molecule has 0 saturated carbocycles. The molecule has 0 unspecified atom stereocenters. The van der Waals surface area contributed by atoms with E-state index >= 15 is 0 Å². The Kier molecular flexibility index (Phi) is 4.22. The lowest BCUT2D eigenvalue weighted by atomic mass is 9.84. The summed E-state index contributed by atoms with van der Waals surface area (Å²) in [7, 11) is 0. The molecule has 0 amide bonds. The fourth-order valence-electron chi connectivity index (χ4n) is 2.18. The van der Waals surface area contributed by atoms with Gasteiger partial charge in [-0.2, -0.15) is 0 Å². The summed E-state index contributed by atoms with van der Waals surface area (Å²) < 4.78 is 51.4. The summed E-state index contributed by atoms with van der Waals surface area (Å²) in [5.74, 6) is -0.794. The van der Waals surface area contributed by atoms with Crippen molar-refractivity contribution in [2.45, 2.75) is 39.3 Å². The van der Waals surface area contributed by atoms with Crippen molar-refractivity contribution in [3.05, 3.63) is 29.8 Å². The van der Waals surface area contributed by atoms with Gasteiger partial charge in [0, 0.05) is 5.41 Å². The minimum Gasteiger partial charge on any atom is -0.406 e. The molecule has 3 nitrogen and oxygen atoms in total. The van der Waals surface area contributed by atoms with Crippen LogP contribution in [0.4, 0.5) is 13.2 Å². The molecule has 0 atom stereocenters. The summed E-state index contributed by atoms with van der Waals surface area (Å²) >= 11 is 0. The van der Waals surface area contributed by atoms with Crippen LogP contribution < -0.4 is 4.74 Å². The van der Waals surface area contributed by atoms with Crippen molar-refractivity contribution in [2.75, 3.05) is 13.2 Å². The number of rotatable bonds is 3. The van der Waals surface area contributed by atoms with E-state index in [0.717, 1.165) is 5.56 Å². The molecule has 0 N–H and O–H groups in total. The lowest BCUT2D eigenvalue weighted by Crippen LogP contribution is -2.46. The monoisotopic (exact) mass is 304 g/mol. The van der Waals surface area contributed by atoms with Crippen LogP contribution in [-0.2, 0) is 15.9 Å².